The van der Waals surface area contributed by atoms with E-state index in [-0.39, 0.29) is 16.8 Å². The molecular weight excluding hydrogens is 298 g/mol. The van der Waals surface area contributed by atoms with Crippen LogP contribution in [0.3, 0.4) is 0 Å². The first-order valence-corrected chi connectivity index (χ1v) is 8.96. The van der Waals surface area contributed by atoms with Gasteiger partial charge in [-0.05, 0) is 50.3 Å². The van der Waals surface area contributed by atoms with Crippen LogP contribution in [-0.2, 0) is 9.05 Å². The summed E-state index contributed by atoms with van der Waals surface area (Å²) in [5.74, 6) is 0.281. The maximum Gasteiger partial charge on any atom is 0.261 e. The number of benzene rings is 1. The molecule has 0 aromatic heterocycles. The number of nitrogens with one attached hydrogen (secondary N) is 1. The highest BCUT2D eigenvalue weighted by molar-refractivity contribution is 8.13. The third-order valence-electron chi connectivity index (χ3n) is 3.95. The monoisotopic (exact) mass is 315 g/mol. The van der Waals surface area contributed by atoms with Gasteiger partial charge in [-0.2, -0.15) is 0 Å². The number of carbonyl (C=O) groups excluding carboxylic acids is 1. The zero-order chi connectivity index (χ0) is 14.9. The summed E-state index contributed by atoms with van der Waals surface area (Å²) in [4.78, 5) is 12.2. The van der Waals surface area contributed by atoms with Crippen molar-refractivity contribution in [1.82, 2.24) is 5.32 Å². The van der Waals surface area contributed by atoms with Gasteiger partial charge in [0.15, 0.2) is 0 Å². The fourth-order valence-electron chi connectivity index (χ4n) is 2.34. The zero-order valence-electron chi connectivity index (χ0n) is 11.5. The Hall–Kier alpha value is -1.07. The van der Waals surface area contributed by atoms with Crippen LogP contribution in [0, 0.1) is 12.8 Å². The molecule has 1 aliphatic carbocycles. The number of amides is 1. The minimum atomic E-state index is -3.82. The van der Waals surface area contributed by atoms with Gasteiger partial charge in [-0.3, -0.25) is 4.79 Å². The molecule has 0 bridgehead atoms. The minimum Gasteiger partial charge on any atom is -0.349 e. The second-order valence-corrected chi connectivity index (χ2v) is 7.93. The number of hydrogen-bond donors (Lipinski definition) is 1. The first-order chi connectivity index (χ1) is 9.29. The molecule has 6 heteroatoms. The van der Waals surface area contributed by atoms with Crippen molar-refractivity contribution in [1.29, 1.82) is 0 Å². The molecule has 1 saturated carbocycles. The number of hydrogen-bond acceptors (Lipinski definition) is 3. The van der Waals surface area contributed by atoms with E-state index in [1.54, 1.807) is 13.0 Å². The van der Waals surface area contributed by atoms with Crippen LogP contribution in [0.2, 0.25) is 0 Å². The maximum absolute atomic E-state index is 12.3. The molecule has 1 unspecified atom stereocenters. The molecule has 1 atom stereocenters. The van der Waals surface area contributed by atoms with Crippen LogP contribution in [-0.4, -0.2) is 20.4 Å². The van der Waals surface area contributed by atoms with E-state index in [0.717, 1.165) is 18.4 Å². The van der Waals surface area contributed by atoms with Gasteiger partial charge in [-0.25, -0.2) is 8.42 Å². The molecule has 20 heavy (non-hydrogen) atoms. The second-order valence-electron chi connectivity index (χ2n) is 5.37. The summed E-state index contributed by atoms with van der Waals surface area (Å²) in [6.45, 7) is 3.76. The molecule has 0 spiro atoms. The lowest BCUT2D eigenvalue weighted by Gasteiger charge is -2.32. The zero-order valence-corrected chi connectivity index (χ0v) is 13.1. The van der Waals surface area contributed by atoms with Gasteiger partial charge >= 0.3 is 0 Å². The van der Waals surface area contributed by atoms with Gasteiger partial charge in [0, 0.05) is 22.3 Å². The van der Waals surface area contributed by atoms with Crippen molar-refractivity contribution in [2.75, 3.05) is 0 Å². The standard InChI is InChI=1S/C14H18ClNO3S/c1-9-6-7-12(20(15,18)19)8-13(9)14(17)16-10(2)11-4-3-5-11/h6-8,10-11H,3-5H2,1-2H3,(H,16,17). The van der Waals surface area contributed by atoms with Crippen molar-refractivity contribution < 1.29 is 13.2 Å². The summed E-state index contributed by atoms with van der Waals surface area (Å²) in [6.07, 6.45) is 3.48. The summed E-state index contributed by atoms with van der Waals surface area (Å²) in [6, 6.07) is 4.44. The number of aryl methyl sites for hydroxylation is 1. The molecule has 0 radical (unpaired) electrons. The van der Waals surface area contributed by atoms with Crippen LogP contribution >= 0.6 is 10.7 Å². The van der Waals surface area contributed by atoms with Gasteiger partial charge in [0.25, 0.3) is 15.0 Å². The van der Waals surface area contributed by atoms with Crippen LogP contribution in [0.1, 0.15) is 42.1 Å². The number of halogens is 1. The predicted molar refractivity (Wildman–Crippen MR) is 78.5 cm³/mol. The van der Waals surface area contributed by atoms with Gasteiger partial charge in [-0.1, -0.05) is 12.5 Å². The van der Waals surface area contributed by atoms with Gasteiger partial charge < -0.3 is 5.32 Å². The Labute approximate surface area is 123 Å². The van der Waals surface area contributed by atoms with E-state index in [9.17, 15) is 13.2 Å². The van der Waals surface area contributed by atoms with Gasteiger partial charge in [-0.15, -0.1) is 0 Å². The topological polar surface area (TPSA) is 63.2 Å². The molecule has 1 fully saturated rings. The van der Waals surface area contributed by atoms with Gasteiger partial charge in [0.05, 0.1) is 4.90 Å². The molecule has 1 aromatic carbocycles. The lowest BCUT2D eigenvalue weighted by Crippen LogP contribution is -2.40. The Bertz CT molecular complexity index is 623. The highest BCUT2D eigenvalue weighted by atomic mass is 35.7. The predicted octanol–water partition coefficient (Wildman–Crippen LogP) is 2.84. The van der Waals surface area contributed by atoms with Crippen LogP contribution in [0.25, 0.3) is 0 Å². The Balaban J connectivity index is 2.20. The lowest BCUT2D eigenvalue weighted by molar-refractivity contribution is 0.0908. The summed E-state index contributed by atoms with van der Waals surface area (Å²) < 4.78 is 22.7. The van der Waals surface area contributed by atoms with Gasteiger partial charge in [0.1, 0.15) is 0 Å². The molecule has 1 aliphatic rings. The Morgan fingerprint density at radius 1 is 1.40 bits per heavy atom. The molecule has 4 nitrogen and oxygen atoms in total. The fraction of sp³-hybridized carbons (Fsp3) is 0.500. The summed E-state index contributed by atoms with van der Waals surface area (Å²) in [5.41, 5.74) is 1.09. The Morgan fingerprint density at radius 2 is 2.05 bits per heavy atom. The highest BCUT2D eigenvalue weighted by Crippen LogP contribution is 2.29. The summed E-state index contributed by atoms with van der Waals surface area (Å²) in [7, 11) is 1.49. The molecule has 0 saturated heterocycles. The van der Waals surface area contributed by atoms with Crippen molar-refractivity contribution >= 4 is 25.6 Å². The van der Waals surface area contributed by atoms with Crippen LogP contribution in [0.5, 0.6) is 0 Å². The third-order valence-corrected chi connectivity index (χ3v) is 5.30. The normalized spacial score (nSPS) is 17.4. The average Bonchev–Trinajstić information content (AvgIpc) is 2.24. The van der Waals surface area contributed by atoms with Crippen molar-refractivity contribution in [2.24, 2.45) is 5.92 Å². The first kappa shape index (κ1) is 15.3. The molecule has 0 aliphatic heterocycles. The van der Waals surface area contributed by atoms with E-state index in [0.29, 0.717) is 11.5 Å². The largest absolute Gasteiger partial charge is 0.349 e. The lowest BCUT2D eigenvalue weighted by atomic mass is 9.80. The first-order valence-electron chi connectivity index (χ1n) is 6.65. The van der Waals surface area contributed by atoms with E-state index in [4.69, 9.17) is 10.7 Å². The molecule has 1 N–H and O–H groups in total. The van der Waals surface area contributed by atoms with Crippen LogP contribution in [0.15, 0.2) is 23.1 Å². The highest BCUT2D eigenvalue weighted by Gasteiger charge is 2.26. The van der Waals surface area contributed by atoms with Gasteiger partial charge in [0.2, 0.25) is 0 Å². The Morgan fingerprint density at radius 3 is 2.55 bits per heavy atom. The quantitative estimate of drug-likeness (QED) is 0.869. The fourth-order valence-corrected chi connectivity index (χ4v) is 3.12. The maximum atomic E-state index is 12.3. The van der Waals surface area contributed by atoms with Crippen molar-refractivity contribution in [3.05, 3.63) is 29.3 Å². The van der Waals surface area contributed by atoms with Crippen LogP contribution in [0.4, 0.5) is 0 Å². The molecule has 1 aromatic rings. The third kappa shape index (κ3) is 3.33. The minimum absolute atomic E-state index is 0.0498. The second kappa shape index (κ2) is 5.74. The smallest absolute Gasteiger partial charge is 0.261 e. The summed E-state index contributed by atoms with van der Waals surface area (Å²) in [5, 5.41) is 2.94. The summed E-state index contributed by atoms with van der Waals surface area (Å²) >= 11 is 0. The van der Waals surface area contributed by atoms with Crippen molar-refractivity contribution in [3.8, 4) is 0 Å². The molecule has 1 amide bonds. The van der Waals surface area contributed by atoms with E-state index in [1.807, 2.05) is 6.92 Å². The molecular formula is C14H18ClNO3S. The number of carbonyl (C=O) groups is 1. The molecule has 110 valence electrons. The van der Waals surface area contributed by atoms with Crippen molar-refractivity contribution in [2.45, 2.75) is 44.0 Å². The van der Waals surface area contributed by atoms with E-state index in [1.165, 1.54) is 18.6 Å². The SMILES string of the molecule is Cc1ccc(S(=O)(=O)Cl)cc1C(=O)NC(C)C1CCC1. The van der Waals surface area contributed by atoms with E-state index >= 15 is 0 Å². The van der Waals surface area contributed by atoms with Crippen molar-refractivity contribution in [3.63, 3.8) is 0 Å². The van der Waals surface area contributed by atoms with E-state index < -0.39 is 9.05 Å². The molecule has 2 rings (SSSR count). The number of rotatable bonds is 4. The van der Waals surface area contributed by atoms with E-state index in [2.05, 4.69) is 5.32 Å². The Kier molecular flexibility index (Phi) is 4.39. The van der Waals surface area contributed by atoms with Crippen LogP contribution < -0.4 is 5.32 Å². The molecule has 0 heterocycles. The average molecular weight is 316 g/mol.